The first-order valence-electron chi connectivity index (χ1n) is 14.9. The van der Waals surface area contributed by atoms with Crippen molar-refractivity contribution in [1.82, 2.24) is 0 Å². The first-order valence-corrected chi connectivity index (χ1v) is 16.9. The fourth-order valence-corrected chi connectivity index (χ4v) is 6.21. The van der Waals surface area contributed by atoms with Crippen LogP contribution in [0.5, 0.6) is 5.75 Å². The molecule has 5 nitrogen and oxygen atoms in total. The van der Waals surface area contributed by atoms with Gasteiger partial charge >= 0.3 is 0 Å². The largest absolute Gasteiger partial charge is 0.489 e. The maximum Gasteiger partial charge on any atom is 0.166 e. The zero-order chi connectivity index (χ0) is 28.5. The lowest BCUT2D eigenvalue weighted by molar-refractivity contribution is -0.120. The second-order valence-electron chi connectivity index (χ2n) is 9.67. The van der Waals surface area contributed by atoms with E-state index in [4.69, 9.17) is 23.7 Å². The molecule has 0 bridgehead atoms. The van der Waals surface area contributed by atoms with E-state index in [1.54, 1.807) is 23.5 Å². The van der Waals surface area contributed by atoms with E-state index in [9.17, 15) is 0 Å². The molecule has 0 aliphatic rings. The molecule has 7 heteroatoms. The van der Waals surface area contributed by atoms with Crippen molar-refractivity contribution in [2.75, 3.05) is 37.9 Å². The Hall–Kier alpha value is -0.960. The van der Waals surface area contributed by atoms with Gasteiger partial charge in [0, 0.05) is 48.2 Å². The molecule has 2 unspecified atom stereocenters. The van der Waals surface area contributed by atoms with Crippen LogP contribution >= 0.6 is 23.5 Å². The van der Waals surface area contributed by atoms with Crippen LogP contribution in [0.1, 0.15) is 80.6 Å². The molecule has 0 aromatic heterocycles. The third kappa shape index (κ3) is 12.2. The van der Waals surface area contributed by atoms with Crippen molar-refractivity contribution in [2.24, 2.45) is 5.92 Å². The number of thioether (sulfide) groups is 2. The first-order chi connectivity index (χ1) is 19.0. The van der Waals surface area contributed by atoms with Gasteiger partial charge in [-0.1, -0.05) is 39.7 Å². The van der Waals surface area contributed by atoms with Gasteiger partial charge < -0.3 is 23.7 Å². The van der Waals surface area contributed by atoms with Gasteiger partial charge in [0.1, 0.15) is 5.75 Å². The maximum absolute atomic E-state index is 6.83. The average Bonchev–Trinajstić information content (AvgIpc) is 2.94. The van der Waals surface area contributed by atoms with Gasteiger partial charge in [-0.25, -0.2) is 0 Å². The number of hydrogen-bond donors (Lipinski definition) is 0. The molecule has 0 amide bonds. The van der Waals surface area contributed by atoms with Gasteiger partial charge in [-0.2, -0.15) is 0 Å². The van der Waals surface area contributed by atoms with Crippen LogP contribution in [-0.2, 0) is 18.9 Å². The molecule has 2 aromatic rings. The van der Waals surface area contributed by atoms with Crippen LogP contribution in [0, 0.1) is 5.92 Å². The Bertz CT molecular complexity index is 913. The Morgan fingerprint density at radius 1 is 0.692 bits per heavy atom. The monoisotopic (exact) mass is 580 g/mol. The molecule has 0 aliphatic carbocycles. The first kappa shape index (κ1) is 34.2. The van der Waals surface area contributed by atoms with Crippen LogP contribution < -0.4 is 4.74 Å². The summed E-state index contributed by atoms with van der Waals surface area (Å²) < 4.78 is 29.9. The summed E-state index contributed by atoms with van der Waals surface area (Å²) in [6.45, 7) is 17.4. The van der Waals surface area contributed by atoms with E-state index in [-0.39, 0.29) is 18.7 Å². The van der Waals surface area contributed by atoms with Crippen LogP contribution in [0.15, 0.2) is 40.1 Å². The zero-order valence-electron chi connectivity index (χ0n) is 25.3. The SMILES string of the molecule is CCOC(CSc1ccc2c(OC(CC)CCCC(C)CC)c(SCC(OCC)OCC)ccc2c1)OCC. The van der Waals surface area contributed by atoms with Crippen molar-refractivity contribution >= 4 is 34.3 Å². The number of rotatable bonds is 22. The standard InChI is InChI=1S/C32H52O5S2/c1-8-24(7)15-14-16-26(9-2)37-32-28-19-18-27(38-22-30(33-10-3)34-11-4)21-25(28)17-20-29(32)39-23-31(35-12-5)36-13-6/h17-21,24,26,30-31H,8-16,22-23H2,1-7H3. The Morgan fingerprint density at radius 2 is 1.31 bits per heavy atom. The lowest BCUT2D eigenvalue weighted by atomic mass is 9.99. The Balaban J connectivity index is 2.29. The van der Waals surface area contributed by atoms with Crippen LogP contribution in [0.2, 0.25) is 0 Å². The Labute approximate surface area is 246 Å². The van der Waals surface area contributed by atoms with Gasteiger partial charge in [-0.05, 0) is 82.5 Å². The minimum atomic E-state index is -0.228. The smallest absolute Gasteiger partial charge is 0.166 e. The second-order valence-corrected chi connectivity index (χ2v) is 11.8. The van der Waals surface area contributed by atoms with Gasteiger partial charge in [-0.15, -0.1) is 23.5 Å². The molecule has 39 heavy (non-hydrogen) atoms. The van der Waals surface area contributed by atoms with Crippen LogP contribution in [0.25, 0.3) is 10.8 Å². The molecule has 0 saturated heterocycles. The lowest BCUT2D eigenvalue weighted by Gasteiger charge is -2.23. The highest BCUT2D eigenvalue weighted by atomic mass is 32.2. The van der Waals surface area contributed by atoms with Gasteiger partial charge in [-0.3, -0.25) is 0 Å². The summed E-state index contributed by atoms with van der Waals surface area (Å²) in [7, 11) is 0. The predicted octanol–water partition coefficient (Wildman–Crippen LogP) is 9.20. The summed E-state index contributed by atoms with van der Waals surface area (Å²) in [6, 6.07) is 11.1. The van der Waals surface area contributed by atoms with Crippen molar-refractivity contribution < 1.29 is 23.7 Å². The van der Waals surface area contributed by atoms with Crippen molar-refractivity contribution in [3.63, 3.8) is 0 Å². The minimum absolute atomic E-state index is 0.192. The maximum atomic E-state index is 6.83. The van der Waals surface area contributed by atoms with E-state index in [1.165, 1.54) is 29.5 Å². The fraction of sp³-hybridized carbons (Fsp3) is 0.688. The quantitative estimate of drug-likeness (QED) is 0.102. The van der Waals surface area contributed by atoms with Crippen molar-refractivity contribution in [2.45, 2.75) is 109 Å². The molecule has 0 spiro atoms. The third-order valence-corrected chi connectivity index (χ3v) is 8.83. The van der Waals surface area contributed by atoms with Crippen molar-refractivity contribution in [1.29, 1.82) is 0 Å². The van der Waals surface area contributed by atoms with Gasteiger partial charge in [0.05, 0.1) is 11.0 Å². The Morgan fingerprint density at radius 3 is 1.87 bits per heavy atom. The van der Waals surface area contributed by atoms with E-state index in [0.29, 0.717) is 26.4 Å². The van der Waals surface area contributed by atoms with E-state index in [2.05, 4.69) is 51.1 Å². The van der Waals surface area contributed by atoms with Crippen LogP contribution in [0.3, 0.4) is 0 Å². The highest BCUT2D eigenvalue weighted by Gasteiger charge is 2.18. The topological polar surface area (TPSA) is 46.2 Å². The highest BCUT2D eigenvalue weighted by Crippen LogP contribution is 2.40. The number of ether oxygens (including phenoxy) is 5. The molecule has 0 fully saturated rings. The van der Waals surface area contributed by atoms with E-state index in [1.807, 2.05) is 27.7 Å². The molecule has 0 radical (unpaired) electrons. The summed E-state index contributed by atoms with van der Waals surface area (Å²) in [4.78, 5) is 2.34. The van der Waals surface area contributed by atoms with Crippen LogP contribution in [-0.4, -0.2) is 56.6 Å². The molecule has 0 saturated carbocycles. The molecule has 2 atom stereocenters. The zero-order valence-corrected chi connectivity index (χ0v) is 27.0. The lowest BCUT2D eigenvalue weighted by Crippen LogP contribution is -2.20. The summed E-state index contributed by atoms with van der Waals surface area (Å²) in [5, 5.41) is 2.34. The minimum Gasteiger partial charge on any atom is -0.489 e. The van der Waals surface area contributed by atoms with E-state index < -0.39 is 0 Å². The third-order valence-electron chi connectivity index (χ3n) is 6.74. The summed E-state index contributed by atoms with van der Waals surface area (Å²) >= 11 is 3.51. The molecule has 2 aromatic carbocycles. The van der Waals surface area contributed by atoms with Crippen LogP contribution in [0.4, 0.5) is 0 Å². The predicted molar refractivity (Wildman–Crippen MR) is 167 cm³/mol. The molecular weight excluding hydrogens is 528 g/mol. The number of hydrogen-bond acceptors (Lipinski definition) is 7. The summed E-state index contributed by atoms with van der Waals surface area (Å²) in [5.41, 5.74) is 0. The van der Waals surface area contributed by atoms with Gasteiger partial charge in [0.25, 0.3) is 0 Å². The summed E-state index contributed by atoms with van der Waals surface area (Å²) in [6.07, 6.45) is 5.52. The average molecular weight is 581 g/mol. The molecule has 0 N–H and O–H groups in total. The van der Waals surface area contributed by atoms with E-state index in [0.717, 1.165) is 46.3 Å². The molecule has 2 rings (SSSR count). The Kier molecular flexibility index (Phi) is 17.6. The molecule has 0 aliphatic heterocycles. The highest BCUT2D eigenvalue weighted by molar-refractivity contribution is 7.99. The second kappa shape index (κ2) is 20.0. The molecule has 222 valence electrons. The normalized spacial score (nSPS) is 13.5. The van der Waals surface area contributed by atoms with Gasteiger partial charge in [0.15, 0.2) is 12.6 Å². The summed E-state index contributed by atoms with van der Waals surface area (Å²) in [5.74, 6) is 3.23. The molecule has 0 heterocycles. The molecular formula is C32H52O5S2. The number of benzene rings is 2. The van der Waals surface area contributed by atoms with Crippen molar-refractivity contribution in [3.8, 4) is 5.75 Å². The number of fused-ring (bicyclic) bond motifs is 1. The fourth-order valence-electron chi connectivity index (χ4n) is 4.35. The van der Waals surface area contributed by atoms with Gasteiger partial charge in [0.2, 0.25) is 0 Å². The van der Waals surface area contributed by atoms with E-state index >= 15 is 0 Å². The van der Waals surface area contributed by atoms with Crippen molar-refractivity contribution in [3.05, 3.63) is 30.3 Å².